The molecule has 4 rings (SSSR count). The molecule has 1 atom stereocenters. The number of aromatic nitrogens is 1. The van der Waals surface area contributed by atoms with Crippen molar-refractivity contribution < 1.29 is 9.21 Å². The minimum Gasteiger partial charge on any atom is -0.462 e. The summed E-state index contributed by atoms with van der Waals surface area (Å²) in [6.07, 6.45) is 4.03. The molecule has 4 nitrogen and oxygen atoms in total. The van der Waals surface area contributed by atoms with Crippen molar-refractivity contribution in [2.45, 2.75) is 32.4 Å². The number of hydrogen-bond acceptors (Lipinski definition) is 4. The molecule has 25 heavy (non-hydrogen) atoms. The molecule has 0 aliphatic heterocycles. The molecule has 1 aliphatic rings. The van der Waals surface area contributed by atoms with Crippen LogP contribution in [-0.2, 0) is 6.54 Å². The number of thiazole rings is 1. The molecule has 1 aliphatic carbocycles. The van der Waals surface area contributed by atoms with E-state index in [1.807, 2.05) is 40.6 Å². The molecule has 0 N–H and O–H groups in total. The van der Waals surface area contributed by atoms with E-state index in [2.05, 4.69) is 24.0 Å². The fraction of sp³-hybridized carbons (Fsp3) is 0.300. The Labute approximate surface area is 151 Å². The van der Waals surface area contributed by atoms with Crippen LogP contribution >= 0.6 is 11.3 Å². The number of carbonyl (C=O) groups is 1. The lowest BCUT2D eigenvalue weighted by Gasteiger charge is -2.29. The number of furan rings is 1. The van der Waals surface area contributed by atoms with Gasteiger partial charge in [0, 0.05) is 18.0 Å². The summed E-state index contributed by atoms with van der Waals surface area (Å²) >= 11 is 1.44. The summed E-state index contributed by atoms with van der Waals surface area (Å²) in [6.45, 7) is 2.77. The Bertz CT molecular complexity index is 838. The number of carbonyl (C=O) groups excluding carboxylic acids is 1. The number of nitrogens with zero attached hydrogens (tertiary/aromatic N) is 2. The average molecular weight is 352 g/mol. The zero-order valence-corrected chi connectivity index (χ0v) is 14.9. The minimum absolute atomic E-state index is 0.00249. The van der Waals surface area contributed by atoms with E-state index in [9.17, 15) is 4.79 Å². The first kappa shape index (κ1) is 16.1. The van der Waals surface area contributed by atoms with Gasteiger partial charge in [-0.1, -0.05) is 30.3 Å². The highest BCUT2D eigenvalue weighted by Crippen LogP contribution is 2.36. The molecule has 1 unspecified atom stereocenters. The lowest BCUT2D eigenvalue weighted by molar-refractivity contribution is 0.0649. The predicted octanol–water partition coefficient (Wildman–Crippen LogP) is 4.84. The quantitative estimate of drug-likeness (QED) is 0.637. The molecule has 1 fully saturated rings. The standard InChI is InChI=1S/C20H20N2O2S/c1-14(16-9-10-16)22(12-15-6-3-2-4-7-15)20(23)17-13-25-19(21-17)18-8-5-11-24-18/h2-8,11,13-14,16H,9-10,12H2,1H3. The van der Waals surface area contributed by atoms with Gasteiger partial charge >= 0.3 is 0 Å². The fourth-order valence-electron chi connectivity index (χ4n) is 3.05. The zero-order valence-electron chi connectivity index (χ0n) is 14.1. The van der Waals surface area contributed by atoms with Crippen molar-refractivity contribution in [2.75, 3.05) is 0 Å². The van der Waals surface area contributed by atoms with Gasteiger partial charge in [0.1, 0.15) is 5.69 Å². The Morgan fingerprint density at radius 3 is 2.76 bits per heavy atom. The molecule has 0 bridgehead atoms. The zero-order chi connectivity index (χ0) is 17.2. The molecule has 0 saturated heterocycles. The van der Waals surface area contributed by atoms with Crippen LogP contribution in [0.4, 0.5) is 0 Å². The fourth-order valence-corrected chi connectivity index (χ4v) is 3.81. The normalized spacial score (nSPS) is 15.1. The van der Waals surface area contributed by atoms with Crippen molar-refractivity contribution in [3.8, 4) is 10.8 Å². The van der Waals surface area contributed by atoms with Gasteiger partial charge in [0.05, 0.1) is 6.26 Å². The molecule has 0 radical (unpaired) electrons. The largest absolute Gasteiger partial charge is 0.462 e. The molecular formula is C20H20N2O2S. The summed E-state index contributed by atoms with van der Waals surface area (Å²) in [6, 6.07) is 14.1. The van der Waals surface area contributed by atoms with E-state index in [0.717, 1.165) is 10.6 Å². The highest BCUT2D eigenvalue weighted by molar-refractivity contribution is 7.13. The van der Waals surface area contributed by atoms with Crippen molar-refractivity contribution in [3.63, 3.8) is 0 Å². The Balaban J connectivity index is 1.59. The van der Waals surface area contributed by atoms with Gasteiger partial charge in [-0.2, -0.15) is 0 Å². The van der Waals surface area contributed by atoms with Crippen LogP contribution in [0.25, 0.3) is 10.8 Å². The van der Waals surface area contributed by atoms with Crippen LogP contribution in [0.3, 0.4) is 0 Å². The topological polar surface area (TPSA) is 46.3 Å². The summed E-state index contributed by atoms with van der Waals surface area (Å²) in [7, 11) is 0. The molecule has 128 valence electrons. The van der Waals surface area contributed by atoms with Crippen molar-refractivity contribution in [1.82, 2.24) is 9.88 Å². The van der Waals surface area contributed by atoms with Crippen LogP contribution in [0.5, 0.6) is 0 Å². The van der Waals surface area contributed by atoms with Crippen LogP contribution in [0.15, 0.2) is 58.5 Å². The van der Waals surface area contributed by atoms with Gasteiger partial charge in [-0.15, -0.1) is 11.3 Å². The number of benzene rings is 1. The summed E-state index contributed by atoms with van der Waals surface area (Å²) in [5.41, 5.74) is 1.64. The number of amides is 1. The molecule has 1 saturated carbocycles. The Hall–Kier alpha value is -2.40. The Morgan fingerprint density at radius 2 is 2.08 bits per heavy atom. The molecule has 1 aromatic carbocycles. The third kappa shape index (κ3) is 3.51. The minimum atomic E-state index is -0.00249. The summed E-state index contributed by atoms with van der Waals surface area (Å²) < 4.78 is 5.39. The molecule has 0 spiro atoms. The summed E-state index contributed by atoms with van der Waals surface area (Å²) in [5.74, 6) is 1.31. The predicted molar refractivity (Wildman–Crippen MR) is 98.3 cm³/mol. The second-order valence-electron chi connectivity index (χ2n) is 6.51. The molecule has 2 heterocycles. The van der Waals surface area contributed by atoms with Gasteiger partial charge in [0.25, 0.3) is 5.91 Å². The van der Waals surface area contributed by atoms with Gasteiger partial charge in [0.15, 0.2) is 10.8 Å². The lowest BCUT2D eigenvalue weighted by atomic mass is 10.1. The average Bonchev–Trinajstić information content (AvgIpc) is 3.13. The van der Waals surface area contributed by atoms with E-state index in [1.165, 1.54) is 24.2 Å². The molecule has 2 aromatic heterocycles. The highest BCUT2D eigenvalue weighted by atomic mass is 32.1. The van der Waals surface area contributed by atoms with E-state index in [-0.39, 0.29) is 11.9 Å². The van der Waals surface area contributed by atoms with Gasteiger partial charge in [-0.05, 0) is 43.4 Å². The summed E-state index contributed by atoms with van der Waals surface area (Å²) in [4.78, 5) is 19.6. The molecule has 1 amide bonds. The molecule has 3 aromatic rings. The van der Waals surface area contributed by atoms with Crippen LogP contribution in [0.2, 0.25) is 0 Å². The van der Waals surface area contributed by atoms with E-state index in [1.54, 1.807) is 6.26 Å². The SMILES string of the molecule is CC(C1CC1)N(Cc1ccccc1)C(=O)c1csc(-c2ccco2)n1. The number of rotatable bonds is 6. The lowest BCUT2D eigenvalue weighted by Crippen LogP contribution is -2.39. The third-order valence-electron chi connectivity index (χ3n) is 4.71. The van der Waals surface area contributed by atoms with Crippen molar-refractivity contribution in [2.24, 2.45) is 5.92 Å². The maximum Gasteiger partial charge on any atom is 0.273 e. The maximum absolute atomic E-state index is 13.1. The van der Waals surface area contributed by atoms with Gasteiger partial charge < -0.3 is 9.32 Å². The second kappa shape index (κ2) is 6.84. The Morgan fingerprint density at radius 1 is 1.28 bits per heavy atom. The smallest absolute Gasteiger partial charge is 0.273 e. The van der Waals surface area contributed by atoms with E-state index >= 15 is 0 Å². The third-order valence-corrected chi connectivity index (χ3v) is 5.56. The first-order valence-electron chi connectivity index (χ1n) is 8.56. The van der Waals surface area contributed by atoms with Crippen molar-refractivity contribution >= 4 is 17.2 Å². The molecular weight excluding hydrogens is 332 g/mol. The van der Waals surface area contributed by atoms with Crippen LogP contribution in [0.1, 0.15) is 35.8 Å². The highest BCUT2D eigenvalue weighted by Gasteiger charge is 2.35. The Kier molecular flexibility index (Phi) is 4.40. The van der Waals surface area contributed by atoms with Crippen LogP contribution < -0.4 is 0 Å². The van der Waals surface area contributed by atoms with E-state index < -0.39 is 0 Å². The van der Waals surface area contributed by atoms with Crippen molar-refractivity contribution in [1.29, 1.82) is 0 Å². The van der Waals surface area contributed by atoms with Crippen molar-refractivity contribution in [3.05, 3.63) is 65.4 Å². The monoisotopic (exact) mass is 352 g/mol. The van der Waals surface area contributed by atoms with Gasteiger partial charge in [-0.3, -0.25) is 4.79 Å². The van der Waals surface area contributed by atoms with Crippen LogP contribution in [-0.4, -0.2) is 21.8 Å². The van der Waals surface area contributed by atoms with Gasteiger partial charge in [-0.25, -0.2) is 4.98 Å². The number of hydrogen-bond donors (Lipinski definition) is 0. The first-order chi connectivity index (χ1) is 12.2. The second-order valence-corrected chi connectivity index (χ2v) is 7.37. The van der Waals surface area contributed by atoms with Crippen LogP contribution in [0, 0.1) is 5.92 Å². The molecule has 5 heteroatoms. The van der Waals surface area contributed by atoms with E-state index in [0.29, 0.717) is 23.9 Å². The first-order valence-corrected chi connectivity index (χ1v) is 9.44. The maximum atomic E-state index is 13.1. The van der Waals surface area contributed by atoms with Gasteiger partial charge in [0.2, 0.25) is 0 Å². The van der Waals surface area contributed by atoms with E-state index in [4.69, 9.17) is 4.42 Å². The summed E-state index contributed by atoms with van der Waals surface area (Å²) in [5, 5.41) is 2.57.